The lowest BCUT2D eigenvalue weighted by Crippen LogP contribution is -2.41. The Bertz CT molecular complexity index is 561. The molecular weight excluding hydrogens is 354 g/mol. The van der Waals surface area contributed by atoms with Gasteiger partial charge in [-0.1, -0.05) is 62.4 Å². The second kappa shape index (κ2) is 10.3. The standard InChI is InChI=1S/C20H28ClNO2S/c1-14(2)18(20(24)19-16(12-23)13-25-22-19)7-5-3-4-6-15-8-10-17(21)11-9-15/h8-12,14,16,18-19,22H,3-7,13H2,1-2H3. The van der Waals surface area contributed by atoms with Crippen LogP contribution in [0.3, 0.4) is 0 Å². The fraction of sp³-hybridized carbons (Fsp3) is 0.600. The predicted molar refractivity (Wildman–Crippen MR) is 106 cm³/mol. The van der Waals surface area contributed by atoms with E-state index in [4.69, 9.17) is 11.6 Å². The smallest absolute Gasteiger partial charge is 0.154 e. The predicted octanol–water partition coefficient (Wildman–Crippen LogP) is 4.72. The van der Waals surface area contributed by atoms with Crippen molar-refractivity contribution in [1.82, 2.24) is 4.72 Å². The van der Waals surface area contributed by atoms with Crippen LogP contribution >= 0.6 is 23.5 Å². The Kier molecular flexibility index (Phi) is 8.47. The van der Waals surface area contributed by atoms with Crippen molar-refractivity contribution < 1.29 is 9.59 Å². The molecule has 0 aliphatic carbocycles. The number of unbranched alkanes of at least 4 members (excludes halogenated alkanes) is 2. The topological polar surface area (TPSA) is 46.2 Å². The SMILES string of the molecule is CC(C)C(CCCCCc1ccc(Cl)cc1)C(=O)C1NSCC1C=O. The molecule has 0 aromatic heterocycles. The van der Waals surface area contributed by atoms with Crippen LogP contribution < -0.4 is 4.72 Å². The van der Waals surface area contributed by atoms with Crippen molar-refractivity contribution in [3.05, 3.63) is 34.9 Å². The number of hydrogen-bond acceptors (Lipinski definition) is 4. The van der Waals surface area contributed by atoms with E-state index in [9.17, 15) is 9.59 Å². The highest BCUT2D eigenvalue weighted by atomic mass is 35.5. The van der Waals surface area contributed by atoms with Crippen molar-refractivity contribution in [1.29, 1.82) is 0 Å². The summed E-state index contributed by atoms with van der Waals surface area (Å²) in [5.74, 6) is 1.09. The normalized spacial score (nSPS) is 21.4. The summed E-state index contributed by atoms with van der Waals surface area (Å²) in [7, 11) is 0. The molecule has 138 valence electrons. The summed E-state index contributed by atoms with van der Waals surface area (Å²) in [6.45, 7) is 4.21. The van der Waals surface area contributed by atoms with Crippen LogP contribution in [0.1, 0.15) is 45.1 Å². The largest absolute Gasteiger partial charge is 0.303 e. The molecule has 1 aliphatic rings. The van der Waals surface area contributed by atoms with Crippen LogP contribution in [0.5, 0.6) is 0 Å². The van der Waals surface area contributed by atoms with Crippen LogP contribution in [0.4, 0.5) is 0 Å². The number of benzene rings is 1. The van der Waals surface area contributed by atoms with E-state index in [0.29, 0.717) is 11.7 Å². The van der Waals surface area contributed by atoms with Gasteiger partial charge in [-0.3, -0.25) is 9.52 Å². The number of halogens is 1. The summed E-state index contributed by atoms with van der Waals surface area (Å²) >= 11 is 7.40. The first kappa shape index (κ1) is 20.5. The number of ketones is 1. The van der Waals surface area contributed by atoms with Crippen molar-refractivity contribution in [2.45, 2.75) is 52.0 Å². The quantitative estimate of drug-likeness (QED) is 0.362. The van der Waals surface area contributed by atoms with Gasteiger partial charge >= 0.3 is 0 Å². The van der Waals surface area contributed by atoms with E-state index < -0.39 is 0 Å². The molecule has 1 aromatic carbocycles. The minimum Gasteiger partial charge on any atom is -0.303 e. The lowest BCUT2D eigenvalue weighted by atomic mass is 9.81. The van der Waals surface area contributed by atoms with Crippen LogP contribution in [-0.2, 0) is 16.0 Å². The van der Waals surface area contributed by atoms with E-state index >= 15 is 0 Å². The molecule has 1 saturated heterocycles. The first-order chi connectivity index (χ1) is 12.0. The Hall–Kier alpha value is -0.840. The zero-order valence-corrected chi connectivity index (χ0v) is 16.6. The minimum absolute atomic E-state index is 0.0363. The summed E-state index contributed by atoms with van der Waals surface area (Å²) < 4.78 is 3.15. The van der Waals surface area contributed by atoms with Gasteiger partial charge in [-0.2, -0.15) is 0 Å². The Morgan fingerprint density at radius 1 is 1.28 bits per heavy atom. The molecule has 1 heterocycles. The fourth-order valence-corrected chi connectivity index (χ4v) is 4.52. The molecule has 3 unspecified atom stereocenters. The highest BCUT2D eigenvalue weighted by molar-refractivity contribution is 7.97. The Balaban J connectivity index is 1.76. The Labute approximate surface area is 160 Å². The second-order valence-electron chi connectivity index (χ2n) is 7.19. The zero-order chi connectivity index (χ0) is 18.2. The fourth-order valence-electron chi connectivity index (χ4n) is 3.36. The Morgan fingerprint density at radius 3 is 2.64 bits per heavy atom. The van der Waals surface area contributed by atoms with Crippen molar-refractivity contribution >= 4 is 35.6 Å². The number of carbonyl (C=O) groups excluding carboxylic acids is 2. The van der Waals surface area contributed by atoms with Crippen molar-refractivity contribution in [3.63, 3.8) is 0 Å². The summed E-state index contributed by atoms with van der Waals surface area (Å²) in [5, 5.41) is 0.773. The van der Waals surface area contributed by atoms with Gasteiger partial charge in [-0.05, 0) is 42.9 Å². The molecule has 0 bridgehead atoms. The molecule has 1 aliphatic heterocycles. The van der Waals surface area contributed by atoms with E-state index in [-0.39, 0.29) is 23.7 Å². The third kappa shape index (κ3) is 6.12. The van der Waals surface area contributed by atoms with E-state index in [1.54, 1.807) is 0 Å². The average molecular weight is 382 g/mol. The summed E-state index contributed by atoms with van der Waals surface area (Å²) in [4.78, 5) is 24.0. The summed E-state index contributed by atoms with van der Waals surface area (Å²) in [6, 6.07) is 7.71. The van der Waals surface area contributed by atoms with Gasteiger partial charge < -0.3 is 4.79 Å². The first-order valence-corrected chi connectivity index (χ1v) is 10.5. The molecule has 0 saturated carbocycles. The van der Waals surface area contributed by atoms with Crippen LogP contribution in [0, 0.1) is 17.8 Å². The number of Topliss-reactive ketones (excluding diaryl/α,β-unsaturated/α-hetero) is 1. The van der Waals surface area contributed by atoms with Crippen LogP contribution in [-0.4, -0.2) is 23.9 Å². The number of aldehydes is 1. The summed E-state index contributed by atoms with van der Waals surface area (Å²) in [5.41, 5.74) is 1.31. The molecule has 3 nitrogen and oxygen atoms in total. The maximum absolute atomic E-state index is 12.8. The molecule has 3 atom stereocenters. The highest BCUT2D eigenvalue weighted by Gasteiger charge is 2.37. The number of hydrogen-bond donors (Lipinski definition) is 1. The van der Waals surface area contributed by atoms with Gasteiger partial charge in [0.15, 0.2) is 5.78 Å². The zero-order valence-electron chi connectivity index (χ0n) is 15.0. The highest BCUT2D eigenvalue weighted by Crippen LogP contribution is 2.28. The lowest BCUT2D eigenvalue weighted by Gasteiger charge is -2.24. The number of nitrogens with one attached hydrogen (secondary N) is 1. The molecule has 1 aromatic rings. The van der Waals surface area contributed by atoms with Crippen molar-refractivity contribution in [2.24, 2.45) is 17.8 Å². The number of carbonyl (C=O) groups is 2. The summed E-state index contributed by atoms with van der Waals surface area (Å²) in [6.07, 6.45) is 6.17. The van der Waals surface area contributed by atoms with Gasteiger partial charge in [-0.25, -0.2) is 0 Å². The van der Waals surface area contributed by atoms with Crippen LogP contribution in [0.25, 0.3) is 0 Å². The third-order valence-corrected chi connectivity index (χ3v) is 6.18. The lowest BCUT2D eigenvalue weighted by molar-refractivity contribution is -0.128. The number of aryl methyl sites for hydroxylation is 1. The molecule has 1 N–H and O–H groups in total. The first-order valence-electron chi connectivity index (χ1n) is 9.13. The molecule has 0 spiro atoms. The van der Waals surface area contributed by atoms with E-state index in [1.165, 1.54) is 17.5 Å². The van der Waals surface area contributed by atoms with Crippen LogP contribution in [0.2, 0.25) is 5.02 Å². The monoisotopic (exact) mass is 381 g/mol. The van der Waals surface area contributed by atoms with Gasteiger partial charge in [0.25, 0.3) is 0 Å². The maximum Gasteiger partial charge on any atom is 0.154 e. The van der Waals surface area contributed by atoms with E-state index in [1.807, 2.05) is 12.1 Å². The third-order valence-electron chi connectivity index (χ3n) is 4.96. The average Bonchev–Trinajstić information content (AvgIpc) is 3.07. The van der Waals surface area contributed by atoms with Crippen LogP contribution in [0.15, 0.2) is 24.3 Å². The maximum atomic E-state index is 12.8. The molecule has 25 heavy (non-hydrogen) atoms. The van der Waals surface area contributed by atoms with E-state index in [2.05, 4.69) is 30.7 Å². The van der Waals surface area contributed by atoms with Gasteiger partial charge in [0.2, 0.25) is 0 Å². The van der Waals surface area contributed by atoms with Gasteiger partial charge in [0.1, 0.15) is 6.29 Å². The van der Waals surface area contributed by atoms with Gasteiger partial charge in [-0.15, -0.1) is 0 Å². The molecule has 5 heteroatoms. The Morgan fingerprint density at radius 2 is 2.00 bits per heavy atom. The minimum atomic E-state index is -0.302. The van der Waals surface area contributed by atoms with Crippen molar-refractivity contribution in [3.8, 4) is 0 Å². The second-order valence-corrected chi connectivity index (χ2v) is 8.48. The van der Waals surface area contributed by atoms with Gasteiger partial charge in [0, 0.05) is 22.6 Å². The molecule has 0 radical (unpaired) electrons. The van der Waals surface area contributed by atoms with E-state index in [0.717, 1.165) is 43.4 Å². The molecule has 1 fully saturated rings. The molecule has 2 rings (SSSR count). The van der Waals surface area contributed by atoms with Crippen molar-refractivity contribution in [2.75, 3.05) is 5.75 Å². The molecule has 0 amide bonds. The van der Waals surface area contributed by atoms with Gasteiger partial charge in [0.05, 0.1) is 6.04 Å². The molecular formula is C20H28ClNO2S. The number of rotatable bonds is 10.